The molecule has 2 atom stereocenters. The van der Waals surface area contributed by atoms with Gasteiger partial charge in [-0.3, -0.25) is 0 Å². The van der Waals surface area contributed by atoms with E-state index < -0.39 is 18.1 Å². The van der Waals surface area contributed by atoms with Crippen LogP contribution in [0.25, 0.3) is 11.0 Å². The highest BCUT2D eigenvalue weighted by atomic mass is 16.3. The number of aliphatic hydroxyl groups excluding tert-OH is 1. The Bertz CT molecular complexity index is 1090. The zero-order valence-electron chi connectivity index (χ0n) is 15.9. The summed E-state index contributed by atoms with van der Waals surface area (Å²) in [5, 5.41) is 15.4. The Kier molecular flexibility index (Phi) is 5.26. The Hall–Kier alpha value is -3.65. The number of hydrogen-bond acceptors (Lipinski definition) is 4. The van der Waals surface area contributed by atoms with E-state index in [0.717, 1.165) is 16.6 Å². The maximum atomic E-state index is 12.8. The summed E-state index contributed by atoms with van der Waals surface area (Å²) in [5.74, 6) is 1.20. The normalized spacial score (nSPS) is 13.2. The molecule has 4 aromatic rings. The lowest BCUT2D eigenvalue weighted by molar-refractivity contribution is 0.212. The molecular weight excluding hydrogens is 368 g/mol. The quantitative estimate of drug-likeness (QED) is 0.405. The predicted octanol–water partition coefficient (Wildman–Crippen LogP) is 2.42. The number of rotatable bonds is 6. The maximum absolute atomic E-state index is 12.8. The molecule has 29 heavy (non-hydrogen) atoms. The summed E-state index contributed by atoms with van der Waals surface area (Å²) in [7, 11) is 1.93. The summed E-state index contributed by atoms with van der Waals surface area (Å²) < 4.78 is 1.98. The molecule has 8 heteroatoms. The largest absolute Gasteiger partial charge is 0.394 e. The molecule has 0 spiro atoms. The van der Waals surface area contributed by atoms with E-state index >= 15 is 0 Å². The number of aromatic nitrogens is 4. The first-order chi connectivity index (χ1) is 14.2. The van der Waals surface area contributed by atoms with Crippen molar-refractivity contribution in [2.45, 2.75) is 12.1 Å². The van der Waals surface area contributed by atoms with Crippen molar-refractivity contribution < 1.29 is 9.90 Å². The molecule has 0 aliphatic heterocycles. The first-order valence-corrected chi connectivity index (χ1v) is 9.31. The Morgan fingerprint density at radius 2 is 1.90 bits per heavy atom. The van der Waals surface area contributed by atoms with Crippen molar-refractivity contribution >= 4 is 17.1 Å². The van der Waals surface area contributed by atoms with Crippen molar-refractivity contribution in [3.63, 3.8) is 0 Å². The number of H-pyrrole nitrogens is 1. The van der Waals surface area contributed by atoms with Gasteiger partial charge in [-0.25, -0.2) is 14.8 Å². The van der Waals surface area contributed by atoms with E-state index in [2.05, 4.69) is 20.6 Å². The zero-order chi connectivity index (χ0) is 20.2. The van der Waals surface area contributed by atoms with Crippen molar-refractivity contribution in [3.8, 4) is 0 Å². The molecule has 0 radical (unpaired) electrons. The summed E-state index contributed by atoms with van der Waals surface area (Å²) in [6.07, 6.45) is 3.22. The van der Waals surface area contributed by atoms with Crippen LogP contribution in [-0.4, -0.2) is 37.3 Å². The van der Waals surface area contributed by atoms with Gasteiger partial charge in [0, 0.05) is 19.4 Å². The van der Waals surface area contributed by atoms with Gasteiger partial charge >= 0.3 is 6.03 Å². The Morgan fingerprint density at radius 1 is 1.14 bits per heavy atom. The van der Waals surface area contributed by atoms with Gasteiger partial charge in [-0.15, -0.1) is 0 Å². The predicted molar refractivity (Wildman–Crippen MR) is 109 cm³/mol. The average Bonchev–Trinajstić information content (AvgIpc) is 3.40. The molecule has 0 aliphatic carbocycles. The van der Waals surface area contributed by atoms with Crippen LogP contribution in [0.3, 0.4) is 0 Å². The van der Waals surface area contributed by atoms with Crippen molar-refractivity contribution in [1.29, 1.82) is 0 Å². The molecule has 0 saturated heterocycles. The lowest BCUT2D eigenvalue weighted by atomic mass is 10.1. The molecule has 2 unspecified atom stereocenters. The Morgan fingerprint density at radius 3 is 2.59 bits per heavy atom. The summed E-state index contributed by atoms with van der Waals surface area (Å²) in [5.41, 5.74) is 2.74. The number of nitrogens with one attached hydrogen (secondary N) is 3. The first-order valence-electron chi connectivity index (χ1n) is 9.31. The summed E-state index contributed by atoms with van der Waals surface area (Å²) in [6.45, 7) is -0.275. The van der Waals surface area contributed by atoms with Crippen molar-refractivity contribution in [2.24, 2.45) is 7.05 Å². The molecule has 0 fully saturated rings. The fourth-order valence-corrected chi connectivity index (χ4v) is 3.36. The lowest BCUT2D eigenvalue weighted by Crippen LogP contribution is -2.42. The summed E-state index contributed by atoms with van der Waals surface area (Å²) in [6, 6.07) is 16.0. The third-order valence-electron chi connectivity index (χ3n) is 4.83. The number of aromatic amines is 1. The first kappa shape index (κ1) is 18.7. The number of urea groups is 1. The van der Waals surface area contributed by atoms with Crippen LogP contribution in [0.1, 0.15) is 29.3 Å². The van der Waals surface area contributed by atoms with Gasteiger partial charge in [0.15, 0.2) is 0 Å². The van der Waals surface area contributed by atoms with Crippen molar-refractivity contribution in [3.05, 3.63) is 84.2 Å². The van der Waals surface area contributed by atoms with Crippen LogP contribution in [0.5, 0.6) is 0 Å². The van der Waals surface area contributed by atoms with Gasteiger partial charge < -0.3 is 25.3 Å². The van der Waals surface area contributed by atoms with E-state index in [1.54, 1.807) is 12.4 Å². The Balaban J connectivity index is 1.64. The monoisotopic (exact) mass is 390 g/mol. The third-order valence-corrected chi connectivity index (χ3v) is 4.83. The van der Waals surface area contributed by atoms with E-state index in [1.165, 1.54) is 0 Å². The van der Waals surface area contributed by atoms with Gasteiger partial charge in [0.2, 0.25) is 0 Å². The number of para-hydroxylation sites is 2. The number of hydrogen-bond donors (Lipinski definition) is 4. The van der Waals surface area contributed by atoms with Gasteiger partial charge in [0.1, 0.15) is 23.7 Å². The highest BCUT2D eigenvalue weighted by molar-refractivity contribution is 5.78. The van der Waals surface area contributed by atoms with Crippen molar-refractivity contribution in [1.82, 2.24) is 30.2 Å². The Labute approximate surface area is 167 Å². The molecule has 0 saturated carbocycles. The SMILES string of the molecule is Cn1c(C(NC(=O)NC(CO)c2ncc[nH]2)c2ccccc2)nc2ccccc21. The molecule has 0 bridgehead atoms. The van der Waals surface area contributed by atoms with Crippen LogP contribution < -0.4 is 10.6 Å². The molecule has 2 amide bonds. The number of aryl methyl sites for hydroxylation is 1. The number of fused-ring (bicyclic) bond motifs is 1. The van der Waals surface area contributed by atoms with Crippen molar-refractivity contribution in [2.75, 3.05) is 6.61 Å². The van der Waals surface area contributed by atoms with Crippen LogP contribution in [-0.2, 0) is 7.05 Å². The second-order valence-corrected chi connectivity index (χ2v) is 6.69. The van der Waals surface area contributed by atoms with Gasteiger partial charge in [0.25, 0.3) is 0 Å². The minimum atomic E-state index is -0.637. The number of imidazole rings is 2. The molecule has 4 rings (SSSR count). The molecule has 2 aromatic heterocycles. The standard InChI is InChI=1S/C21H22N6O2/c1-27-17-10-6-5-9-15(17)24-20(27)18(14-7-3-2-4-8-14)26-21(29)25-16(13-28)19-22-11-12-23-19/h2-12,16,18,28H,13H2,1H3,(H,22,23)(H2,25,26,29). The van der Waals surface area contributed by atoms with E-state index in [1.807, 2.05) is 66.2 Å². The minimum Gasteiger partial charge on any atom is -0.394 e. The zero-order valence-corrected chi connectivity index (χ0v) is 15.9. The van der Waals surface area contributed by atoms with Gasteiger partial charge in [-0.1, -0.05) is 42.5 Å². The lowest BCUT2D eigenvalue weighted by Gasteiger charge is -2.21. The molecular formula is C21H22N6O2. The number of carbonyl (C=O) groups excluding carboxylic acids is 1. The number of aliphatic hydroxyl groups is 1. The average molecular weight is 390 g/mol. The van der Waals surface area contributed by atoms with E-state index in [4.69, 9.17) is 4.98 Å². The molecule has 2 aromatic carbocycles. The molecule has 148 valence electrons. The number of amides is 2. The number of nitrogens with zero attached hydrogens (tertiary/aromatic N) is 3. The number of benzene rings is 2. The van der Waals surface area contributed by atoms with Crippen LogP contribution in [0.2, 0.25) is 0 Å². The molecule has 8 nitrogen and oxygen atoms in total. The van der Waals surface area contributed by atoms with Gasteiger partial charge in [-0.2, -0.15) is 0 Å². The fourth-order valence-electron chi connectivity index (χ4n) is 3.36. The van der Waals surface area contributed by atoms with Crippen LogP contribution in [0, 0.1) is 0 Å². The minimum absolute atomic E-state index is 0.275. The highest BCUT2D eigenvalue weighted by Crippen LogP contribution is 2.25. The third kappa shape index (κ3) is 3.83. The second kappa shape index (κ2) is 8.15. The molecule has 4 N–H and O–H groups in total. The summed E-state index contributed by atoms with van der Waals surface area (Å²) >= 11 is 0. The number of carbonyl (C=O) groups is 1. The van der Waals surface area contributed by atoms with Crippen LogP contribution >= 0.6 is 0 Å². The fraction of sp³-hybridized carbons (Fsp3) is 0.190. The van der Waals surface area contributed by atoms with Gasteiger partial charge in [0.05, 0.1) is 17.6 Å². The van der Waals surface area contributed by atoms with E-state index in [0.29, 0.717) is 11.6 Å². The van der Waals surface area contributed by atoms with Crippen LogP contribution in [0.15, 0.2) is 67.0 Å². The van der Waals surface area contributed by atoms with E-state index in [9.17, 15) is 9.90 Å². The second-order valence-electron chi connectivity index (χ2n) is 6.69. The smallest absolute Gasteiger partial charge is 0.316 e. The molecule has 2 heterocycles. The van der Waals surface area contributed by atoms with Crippen LogP contribution in [0.4, 0.5) is 4.79 Å². The maximum Gasteiger partial charge on any atom is 0.316 e. The molecule has 0 aliphatic rings. The highest BCUT2D eigenvalue weighted by Gasteiger charge is 2.24. The topological polar surface area (TPSA) is 108 Å². The van der Waals surface area contributed by atoms with E-state index in [-0.39, 0.29) is 6.61 Å². The summed E-state index contributed by atoms with van der Waals surface area (Å²) in [4.78, 5) is 24.5. The van der Waals surface area contributed by atoms with Gasteiger partial charge in [-0.05, 0) is 17.7 Å².